The molecule has 2 aromatic rings. The predicted octanol–water partition coefficient (Wildman–Crippen LogP) is 3.99. The first kappa shape index (κ1) is 19.3. The van der Waals surface area contributed by atoms with Crippen LogP contribution in [0.3, 0.4) is 0 Å². The fourth-order valence-corrected chi connectivity index (χ4v) is 3.43. The van der Waals surface area contributed by atoms with Gasteiger partial charge in [0.1, 0.15) is 15.9 Å². The van der Waals surface area contributed by atoms with Gasteiger partial charge in [-0.05, 0) is 36.4 Å². The fraction of sp³-hybridized carbons (Fsp3) is 0.0556. The molecular formula is C18H12ClFN2O3S2. The minimum absolute atomic E-state index is 0.0667. The zero-order chi connectivity index (χ0) is 19.4. The van der Waals surface area contributed by atoms with Crippen LogP contribution in [0.1, 0.15) is 5.56 Å². The van der Waals surface area contributed by atoms with Crippen molar-refractivity contribution in [2.45, 2.75) is 0 Å². The molecule has 3 rings (SSSR count). The summed E-state index contributed by atoms with van der Waals surface area (Å²) in [6.07, 6.45) is 1.58. The van der Waals surface area contributed by atoms with Crippen molar-refractivity contribution in [3.05, 3.63) is 63.8 Å². The summed E-state index contributed by atoms with van der Waals surface area (Å²) in [6, 6.07) is 10.6. The van der Waals surface area contributed by atoms with Crippen LogP contribution in [0.25, 0.3) is 6.08 Å². The van der Waals surface area contributed by atoms with E-state index in [1.807, 2.05) is 0 Å². The van der Waals surface area contributed by atoms with Crippen molar-refractivity contribution in [2.75, 3.05) is 11.9 Å². The van der Waals surface area contributed by atoms with E-state index in [-0.39, 0.29) is 18.2 Å². The molecule has 0 bridgehead atoms. The minimum Gasteiger partial charge on any atom is -0.483 e. The lowest BCUT2D eigenvalue weighted by molar-refractivity contribution is -0.118. The Kier molecular flexibility index (Phi) is 6.10. The third kappa shape index (κ3) is 5.06. The highest BCUT2D eigenvalue weighted by Gasteiger charge is 2.22. The molecular weight excluding hydrogens is 411 g/mol. The normalized spacial score (nSPS) is 15.0. The Morgan fingerprint density at radius 2 is 2.11 bits per heavy atom. The molecule has 0 saturated carbocycles. The largest absolute Gasteiger partial charge is 0.483 e. The lowest BCUT2D eigenvalue weighted by atomic mass is 10.2. The van der Waals surface area contributed by atoms with Crippen LogP contribution in [0.4, 0.5) is 10.1 Å². The molecule has 1 heterocycles. The number of ether oxygens (including phenoxy) is 1. The summed E-state index contributed by atoms with van der Waals surface area (Å²) in [5.41, 5.74) is 0.584. The Labute approximate surface area is 168 Å². The van der Waals surface area contributed by atoms with Gasteiger partial charge in [-0.1, -0.05) is 47.7 Å². The maximum atomic E-state index is 13.6. The minimum atomic E-state index is -0.539. The Morgan fingerprint density at radius 3 is 2.81 bits per heavy atom. The molecule has 0 atom stereocenters. The van der Waals surface area contributed by atoms with E-state index < -0.39 is 11.7 Å². The first-order valence-electron chi connectivity index (χ1n) is 7.64. The van der Waals surface area contributed by atoms with Crippen LogP contribution >= 0.6 is 35.6 Å². The van der Waals surface area contributed by atoms with Crippen LogP contribution < -0.4 is 15.4 Å². The maximum absolute atomic E-state index is 13.6. The van der Waals surface area contributed by atoms with Gasteiger partial charge in [0.05, 0.1) is 10.6 Å². The van der Waals surface area contributed by atoms with E-state index in [0.29, 0.717) is 25.6 Å². The topological polar surface area (TPSA) is 67.4 Å². The van der Waals surface area contributed by atoms with Gasteiger partial charge in [-0.25, -0.2) is 4.39 Å². The summed E-state index contributed by atoms with van der Waals surface area (Å²) >= 11 is 12.1. The van der Waals surface area contributed by atoms with Crippen LogP contribution in [-0.2, 0) is 9.59 Å². The number of halogens is 2. The zero-order valence-corrected chi connectivity index (χ0v) is 16.0. The standard InChI is InChI=1S/C18H12ClFN2O3S2/c19-11-5-6-14(10(7-11)8-15-17(24)22-18(26)27-15)25-9-16(23)21-13-4-2-1-3-12(13)20/h1-8H,9H2,(H,21,23)(H,22,24,26)/b15-8-. The van der Waals surface area contributed by atoms with Crippen LogP contribution in [0.5, 0.6) is 5.75 Å². The lowest BCUT2D eigenvalue weighted by Crippen LogP contribution is -2.21. The van der Waals surface area contributed by atoms with Gasteiger partial charge >= 0.3 is 0 Å². The molecule has 138 valence electrons. The number of anilines is 1. The molecule has 0 radical (unpaired) electrons. The molecule has 1 aliphatic heterocycles. The summed E-state index contributed by atoms with van der Waals surface area (Å²) in [5, 5.41) is 5.39. The SMILES string of the molecule is O=C(COc1ccc(Cl)cc1/C=C1\SC(=S)NC1=O)Nc1ccccc1F. The number of hydrogen-bond acceptors (Lipinski definition) is 5. The van der Waals surface area contributed by atoms with Gasteiger partial charge in [-0.2, -0.15) is 0 Å². The third-order valence-corrected chi connectivity index (χ3v) is 4.80. The lowest BCUT2D eigenvalue weighted by Gasteiger charge is -2.11. The van der Waals surface area contributed by atoms with Gasteiger partial charge in [0, 0.05) is 10.6 Å². The summed E-state index contributed by atoms with van der Waals surface area (Å²) in [5.74, 6) is -1.03. The van der Waals surface area contributed by atoms with E-state index in [0.717, 1.165) is 11.8 Å². The quantitative estimate of drug-likeness (QED) is 0.563. The summed E-state index contributed by atoms with van der Waals surface area (Å²) < 4.78 is 19.5. The van der Waals surface area contributed by atoms with Crippen molar-refractivity contribution in [3.63, 3.8) is 0 Å². The first-order valence-corrected chi connectivity index (χ1v) is 9.24. The fourth-order valence-electron chi connectivity index (χ4n) is 2.22. The summed E-state index contributed by atoms with van der Waals surface area (Å²) in [6.45, 7) is -0.343. The molecule has 1 saturated heterocycles. The Morgan fingerprint density at radius 1 is 1.33 bits per heavy atom. The van der Waals surface area contributed by atoms with E-state index in [1.165, 1.54) is 18.2 Å². The van der Waals surface area contributed by atoms with Crippen LogP contribution in [0.15, 0.2) is 47.4 Å². The number of carbonyl (C=O) groups excluding carboxylic acids is 2. The molecule has 2 N–H and O–H groups in total. The van der Waals surface area contributed by atoms with Crippen molar-refractivity contribution in [3.8, 4) is 5.75 Å². The van der Waals surface area contributed by atoms with Gasteiger partial charge in [-0.3, -0.25) is 9.59 Å². The third-order valence-electron chi connectivity index (χ3n) is 3.41. The monoisotopic (exact) mass is 422 g/mol. The smallest absolute Gasteiger partial charge is 0.263 e. The first-order chi connectivity index (χ1) is 12.9. The van der Waals surface area contributed by atoms with Gasteiger partial charge in [0.15, 0.2) is 6.61 Å². The molecule has 2 aromatic carbocycles. The predicted molar refractivity (Wildman–Crippen MR) is 108 cm³/mol. The Bertz CT molecular complexity index is 965. The van der Waals surface area contributed by atoms with E-state index in [9.17, 15) is 14.0 Å². The molecule has 0 aliphatic carbocycles. The van der Waals surface area contributed by atoms with Crippen molar-refractivity contribution in [2.24, 2.45) is 0 Å². The second kappa shape index (κ2) is 8.51. The molecule has 27 heavy (non-hydrogen) atoms. The number of para-hydroxylation sites is 1. The number of nitrogens with one attached hydrogen (secondary N) is 2. The average molecular weight is 423 g/mol. The van der Waals surface area contributed by atoms with Gasteiger partial charge in [0.2, 0.25) is 0 Å². The van der Waals surface area contributed by atoms with Gasteiger partial charge in [0.25, 0.3) is 11.8 Å². The maximum Gasteiger partial charge on any atom is 0.263 e. The van der Waals surface area contributed by atoms with Gasteiger partial charge < -0.3 is 15.4 Å². The molecule has 1 aliphatic rings. The van der Waals surface area contributed by atoms with E-state index in [2.05, 4.69) is 10.6 Å². The number of thiocarbonyl (C=S) groups is 1. The second-order valence-corrected chi connectivity index (χ2v) is 7.51. The molecule has 1 fully saturated rings. The molecule has 5 nitrogen and oxygen atoms in total. The van der Waals surface area contributed by atoms with E-state index >= 15 is 0 Å². The van der Waals surface area contributed by atoms with Crippen LogP contribution in [0, 0.1) is 5.82 Å². The van der Waals surface area contributed by atoms with Crippen LogP contribution in [-0.4, -0.2) is 22.7 Å². The van der Waals surface area contributed by atoms with Crippen LogP contribution in [0.2, 0.25) is 5.02 Å². The second-order valence-electron chi connectivity index (χ2n) is 5.35. The molecule has 0 aromatic heterocycles. The number of rotatable bonds is 5. The highest BCUT2D eigenvalue weighted by Crippen LogP contribution is 2.31. The summed E-state index contributed by atoms with van der Waals surface area (Å²) in [7, 11) is 0. The molecule has 2 amide bonds. The van der Waals surface area contributed by atoms with Crippen molar-refractivity contribution in [1.29, 1.82) is 0 Å². The number of carbonyl (C=O) groups is 2. The zero-order valence-electron chi connectivity index (χ0n) is 13.6. The Hall–Kier alpha value is -2.42. The Balaban J connectivity index is 1.73. The highest BCUT2D eigenvalue weighted by atomic mass is 35.5. The average Bonchev–Trinajstić information content (AvgIpc) is 2.93. The van der Waals surface area contributed by atoms with Crippen molar-refractivity contribution < 1.29 is 18.7 Å². The number of thioether (sulfide) groups is 1. The van der Waals surface area contributed by atoms with Crippen molar-refractivity contribution >= 4 is 63.5 Å². The highest BCUT2D eigenvalue weighted by molar-refractivity contribution is 8.26. The van der Waals surface area contributed by atoms with Crippen molar-refractivity contribution in [1.82, 2.24) is 5.32 Å². The van der Waals surface area contributed by atoms with E-state index in [4.69, 9.17) is 28.6 Å². The number of hydrogen-bond donors (Lipinski definition) is 2. The summed E-state index contributed by atoms with van der Waals surface area (Å²) in [4.78, 5) is 24.2. The van der Waals surface area contributed by atoms with Gasteiger partial charge in [-0.15, -0.1) is 0 Å². The number of amides is 2. The van der Waals surface area contributed by atoms with E-state index in [1.54, 1.807) is 30.3 Å². The molecule has 9 heteroatoms. The molecule has 0 unspecified atom stereocenters. The number of benzene rings is 2. The molecule has 0 spiro atoms.